The predicted octanol–water partition coefficient (Wildman–Crippen LogP) is 13.3. The summed E-state index contributed by atoms with van der Waals surface area (Å²) in [6.45, 7) is 2.31. The third kappa shape index (κ3) is 15.2. The van der Waals surface area contributed by atoms with E-state index in [1.54, 1.807) is 0 Å². The summed E-state index contributed by atoms with van der Waals surface area (Å²) < 4.78 is 0. The Morgan fingerprint density at radius 2 is 0.610 bits per heavy atom. The molecule has 224 valence electrons. The fraction of sp³-hybridized carbons (Fsp3) is 0.550. The van der Waals surface area contributed by atoms with Gasteiger partial charge in [0.2, 0.25) is 0 Å². The van der Waals surface area contributed by atoms with E-state index in [4.69, 9.17) is 0 Å². The fourth-order valence-electron chi connectivity index (χ4n) is 6.49. The van der Waals surface area contributed by atoms with Crippen LogP contribution in [0.1, 0.15) is 133 Å². The van der Waals surface area contributed by atoms with Crippen molar-refractivity contribution in [2.75, 3.05) is 6.16 Å². The zero-order valence-corrected chi connectivity index (χ0v) is 27.4. The summed E-state index contributed by atoms with van der Waals surface area (Å²) in [6, 6.07) is 34.0. The molecule has 0 fully saturated rings. The molecule has 0 amide bonds. The molecular weight excluding hydrogens is 511 g/mol. The van der Waals surface area contributed by atoms with Gasteiger partial charge in [-0.25, -0.2) is 0 Å². The summed E-state index contributed by atoms with van der Waals surface area (Å²) in [4.78, 5) is 0. The normalized spacial score (nSPS) is 11.6. The highest BCUT2D eigenvalue weighted by Gasteiger charge is 2.37. The van der Waals surface area contributed by atoms with Gasteiger partial charge < -0.3 is 0 Å². The van der Waals surface area contributed by atoms with Crippen molar-refractivity contribution in [3.63, 3.8) is 0 Å². The molecule has 41 heavy (non-hydrogen) atoms. The lowest BCUT2D eigenvalue weighted by atomic mass is 10.0. The molecule has 0 nitrogen and oxygen atoms in total. The van der Waals surface area contributed by atoms with Gasteiger partial charge in [-0.3, -0.25) is 0 Å². The van der Waals surface area contributed by atoms with Crippen LogP contribution in [0, 0.1) is 0 Å². The highest BCUT2D eigenvalue weighted by Crippen LogP contribution is 2.67. The van der Waals surface area contributed by atoms with Crippen LogP contribution in [0.2, 0.25) is 0 Å². The highest BCUT2D eigenvalue weighted by molar-refractivity contribution is 7.73. The Balaban J connectivity index is 1.39. The van der Waals surface area contributed by atoms with Gasteiger partial charge in [0.15, 0.2) is 0 Å². The van der Waals surface area contributed by atoms with E-state index in [2.05, 4.69) is 97.9 Å². The van der Waals surface area contributed by atoms with Crippen LogP contribution < -0.4 is 0 Å². The van der Waals surface area contributed by atoms with Gasteiger partial charge >= 0.3 is 0 Å². The third-order valence-corrected chi connectivity index (χ3v) is 13.2. The molecule has 3 aromatic carbocycles. The second-order valence-electron chi connectivity index (χ2n) is 12.7. The van der Waals surface area contributed by atoms with E-state index >= 15 is 0 Å². The topological polar surface area (TPSA) is 0 Å². The molecular formula is C40H60P+. The molecule has 0 saturated heterocycles. The van der Waals surface area contributed by atoms with E-state index in [0.717, 1.165) is 0 Å². The molecule has 0 radical (unpaired) electrons. The van der Waals surface area contributed by atoms with E-state index in [1.165, 1.54) is 150 Å². The molecule has 3 rings (SSSR count). The van der Waals surface area contributed by atoms with Gasteiger partial charge in [-0.05, 0) is 29.5 Å². The Morgan fingerprint density at radius 1 is 0.341 bits per heavy atom. The summed E-state index contributed by atoms with van der Waals surface area (Å²) in [6.07, 6.45) is 29.7. The standard InChI is InChI=1S/C40H60P/c1-2-3-4-5-6-7-8-9-10-11-12-13-14-15-16-17-27-34-41(35-38-28-21-18-22-29-38,36-39-30-23-19-24-31-39)37-40-32-25-20-26-33-40/h18-26,28-33H,2-17,27,34-37H2,1H3/q+1. The van der Waals surface area contributed by atoms with Gasteiger partial charge in [0.05, 0.1) is 24.6 Å². The molecule has 1 heteroatoms. The van der Waals surface area contributed by atoms with Crippen molar-refractivity contribution in [3.8, 4) is 0 Å². The Labute approximate surface area is 255 Å². The predicted molar refractivity (Wildman–Crippen MR) is 186 cm³/mol. The Bertz CT molecular complexity index is 880. The van der Waals surface area contributed by atoms with Crippen molar-refractivity contribution >= 4 is 7.26 Å². The van der Waals surface area contributed by atoms with Crippen molar-refractivity contribution in [1.82, 2.24) is 0 Å². The third-order valence-electron chi connectivity index (χ3n) is 8.82. The van der Waals surface area contributed by atoms with Crippen molar-refractivity contribution in [1.29, 1.82) is 0 Å². The van der Waals surface area contributed by atoms with Crippen LogP contribution >= 0.6 is 7.26 Å². The van der Waals surface area contributed by atoms with E-state index in [1.807, 2.05) is 0 Å². The maximum atomic E-state index is 2.36. The molecule has 0 unspecified atom stereocenters. The summed E-state index contributed by atoms with van der Waals surface area (Å²) >= 11 is 0. The summed E-state index contributed by atoms with van der Waals surface area (Å²) in [5, 5.41) is 0. The number of benzene rings is 3. The number of hydrogen-bond acceptors (Lipinski definition) is 0. The van der Waals surface area contributed by atoms with Gasteiger partial charge in [-0.1, -0.05) is 194 Å². The first kappa shape index (κ1) is 33.6. The number of rotatable bonds is 24. The van der Waals surface area contributed by atoms with Crippen LogP contribution in [0.25, 0.3) is 0 Å². The van der Waals surface area contributed by atoms with Crippen LogP contribution in [0.15, 0.2) is 91.0 Å². The van der Waals surface area contributed by atoms with Crippen molar-refractivity contribution < 1.29 is 0 Å². The molecule has 0 atom stereocenters. The minimum Gasteiger partial charge on any atom is -0.0654 e. The van der Waals surface area contributed by atoms with Crippen LogP contribution in [0.3, 0.4) is 0 Å². The quantitative estimate of drug-likeness (QED) is 0.0741. The molecule has 0 aliphatic heterocycles. The minimum absolute atomic E-state index is 1.25. The van der Waals surface area contributed by atoms with E-state index < -0.39 is 7.26 Å². The van der Waals surface area contributed by atoms with Crippen molar-refractivity contribution in [2.24, 2.45) is 0 Å². The van der Waals surface area contributed by atoms with E-state index in [9.17, 15) is 0 Å². The molecule has 0 N–H and O–H groups in total. The van der Waals surface area contributed by atoms with Crippen molar-refractivity contribution in [2.45, 2.75) is 135 Å². The smallest absolute Gasteiger partial charge is 0.0654 e. The molecule has 0 spiro atoms. The second-order valence-corrected chi connectivity index (χ2v) is 16.7. The zero-order chi connectivity index (χ0) is 28.7. The first-order valence-corrected chi connectivity index (χ1v) is 19.8. The molecule has 0 bridgehead atoms. The summed E-state index contributed by atoms with van der Waals surface area (Å²) in [7, 11) is -1.25. The van der Waals surface area contributed by atoms with Crippen LogP contribution in [-0.2, 0) is 18.5 Å². The molecule has 0 aliphatic carbocycles. The summed E-state index contributed by atoms with van der Waals surface area (Å²) in [5.74, 6) is 0. The lowest BCUT2D eigenvalue weighted by molar-refractivity contribution is 0.529. The van der Waals surface area contributed by atoms with Crippen LogP contribution in [0.5, 0.6) is 0 Å². The molecule has 3 aromatic rings. The van der Waals surface area contributed by atoms with Gasteiger partial charge in [0, 0.05) is 7.26 Å². The fourth-order valence-corrected chi connectivity index (χ4v) is 11.1. The SMILES string of the molecule is CCCCCCCCCCCCCCCCCCC[P+](Cc1ccccc1)(Cc1ccccc1)Cc1ccccc1. The first-order valence-electron chi connectivity index (χ1n) is 17.3. The first-order chi connectivity index (χ1) is 20.3. The average molecular weight is 572 g/mol. The van der Waals surface area contributed by atoms with Crippen LogP contribution in [0.4, 0.5) is 0 Å². The van der Waals surface area contributed by atoms with Crippen molar-refractivity contribution in [3.05, 3.63) is 108 Å². The zero-order valence-electron chi connectivity index (χ0n) is 26.5. The van der Waals surface area contributed by atoms with E-state index in [0.29, 0.717) is 0 Å². The Kier molecular flexibility index (Phi) is 17.8. The molecule has 0 saturated carbocycles. The Hall–Kier alpha value is -1.91. The van der Waals surface area contributed by atoms with Gasteiger partial charge in [0.1, 0.15) is 0 Å². The molecule has 0 aliphatic rings. The average Bonchev–Trinajstić information content (AvgIpc) is 3.00. The lowest BCUT2D eigenvalue weighted by Gasteiger charge is -2.29. The largest absolute Gasteiger partial charge is 0.0849 e. The van der Waals surface area contributed by atoms with Gasteiger partial charge in [-0.15, -0.1) is 0 Å². The highest BCUT2D eigenvalue weighted by atomic mass is 31.2. The lowest BCUT2D eigenvalue weighted by Crippen LogP contribution is -2.09. The van der Waals surface area contributed by atoms with Crippen LogP contribution in [-0.4, -0.2) is 6.16 Å². The second kappa shape index (κ2) is 21.7. The van der Waals surface area contributed by atoms with Gasteiger partial charge in [-0.2, -0.15) is 0 Å². The number of hydrogen-bond donors (Lipinski definition) is 0. The maximum absolute atomic E-state index is 2.36. The number of unbranched alkanes of at least 4 members (excludes halogenated alkanes) is 16. The van der Waals surface area contributed by atoms with Gasteiger partial charge in [0.25, 0.3) is 0 Å². The monoisotopic (exact) mass is 571 g/mol. The maximum Gasteiger partial charge on any atom is 0.0849 e. The summed E-state index contributed by atoms with van der Waals surface area (Å²) in [5.41, 5.74) is 4.58. The minimum atomic E-state index is -1.25. The van der Waals surface area contributed by atoms with E-state index in [-0.39, 0.29) is 0 Å². The molecule has 0 aromatic heterocycles. The molecule has 0 heterocycles. The Morgan fingerprint density at radius 3 is 0.902 bits per heavy atom.